The predicted octanol–water partition coefficient (Wildman–Crippen LogP) is 1.93. The van der Waals surface area contributed by atoms with E-state index in [4.69, 9.17) is 0 Å². The number of aliphatic imine (C=N–C) groups is 1. The van der Waals surface area contributed by atoms with Crippen molar-refractivity contribution in [3.63, 3.8) is 0 Å². The van der Waals surface area contributed by atoms with Gasteiger partial charge in [-0.15, -0.1) is 24.0 Å². The first-order valence-corrected chi connectivity index (χ1v) is 10.1. The highest BCUT2D eigenvalue weighted by atomic mass is 127. The predicted molar refractivity (Wildman–Crippen MR) is 101 cm³/mol. The molecule has 0 aromatic carbocycles. The number of sulfone groups is 1. The van der Waals surface area contributed by atoms with Gasteiger partial charge in [0.1, 0.15) is 0 Å². The molecule has 0 radical (unpaired) electrons. The molecular weight excluding hydrogens is 413 g/mol. The molecule has 1 aliphatic heterocycles. The Hall–Kier alpha value is -0.0500. The lowest BCUT2D eigenvalue weighted by atomic mass is 10.1. The van der Waals surface area contributed by atoms with E-state index in [1.54, 1.807) is 0 Å². The van der Waals surface area contributed by atoms with Gasteiger partial charge in [-0.1, -0.05) is 6.92 Å². The third-order valence-electron chi connectivity index (χ3n) is 4.79. The molecule has 22 heavy (non-hydrogen) atoms. The summed E-state index contributed by atoms with van der Waals surface area (Å²) < 4.78 is 23.0. The highest BCUT2D eigenvalue weighted by Gasteiger charge is 2.29. The molecule has 0 aromatic heterocycles. The Morgan fingerprint density at radius 2 is 1.77 bits per heavy atom. The van der Waals surface area contributed by atoms with Crippen molar-refractivity contribution < 1.29 is 8.42 Å². The van der Waals surface area contributed by atoms with E-state index in [1.807, 2.05) is 0 Å². The first-order valence-electron chi connectivity index (χ1n) is 8.28. The number of hydrogen-bond acceptors (Lipinski definition) is 3. The second-order valence-electron chi connectivity index (χ2n) is 7.14. The smallest absolute Gasteiger partial charge is 0.191 e. The molecule has 3 atom stereocenters. The van der Waals surface area contributed by atoms with E-state index in [0.717, 1.165) is 18.3 Å². The zero-order valence-corrected chi connectivity index (χ0v) is 16.4. The number of nitrogens with one attached hydrogen (secondary N) is 2. The number of halogens is 1. The molecule has 0 amide bonds. The van der Waals surface area contributed by atoms with Gasteiger partial charge in [-0.05, 0) is 50.4 Å². The van der Waals surface area contributed by atoms with E-state index in [0.29, 0.717) is 30.1 Å². The Kier molecular flexibility index (Phi) is 6.39. The average molecular weight is 441 g/mol. The summed E-state index contributed by atoms with van der Waals surface area (Å²) in [7, 11) is -2.79. The van der Waals surface area contributed by atoms with Gasteiger partial charge in [-0.3, -0.25) is 4.99 Å². The van der Waals surface area contributed by atoms with Crippen molar-refractivity contribution in [1.29, 1.82) is 0 Å². The molecule has 2 N–H and O–H groups in total. The molecule has 1 saturated heterocycles. The molecule has 3 aliphatic rings. The van der Waals surface area contributed by atoms with Crippen LogP contribution in [-0.4, -0.2) is 44.5 Å². The van der Waals surface area contributed by atoms with Crippen LogP contribution in [0.15, 0.2) is 4.99 Å². The van der Waals surface area contributed by atoms with Gasteiger partial charge < -0.3 is 10.6 Å². The van der Waals surface area contributed by atoms with E-state index < -0.39 is 9.84 Å². The van der Waals surface area contributed by atoms with E-state index in [9.17, 15) is 8.42 Å². The zero-order chi connectivity index (χ0) is 14.9. The fraction of sp³-hybridized carbons (Fsp3) is 0.933. The summed E-state index contributed by atoms with van der Waals surface area (Å²) in [6.07, 6.45) is 6.92. The van der Waals surface area contributed by atoms with Crippen LogP contribution in [0.3, 0.4) is 0 Å². The highest BCUT2D eigenvalue weighted by molar-refractivity contribution is 14.0. The van der Waals surface area contributed by atoms with E-state index in [-0.39, 0.29) is 29.9 Å². The Balaban J connectivity index is 0.00000176. The molecule has 0 aromatic rings. The summed E-state index contributed by atoms with van der Waals surface area (Å²) in [5.74, 6) is 2.56. The molecule has 5 nitrogen and oxygen atoms in total. The Morgan fingerprint density at radius 1 is 1.09 bits per heavy atom. The molecule has 2 aliphatic carbocycles. The second-order valence-corrected chi connectivity index (χ2v) is 9.37. The van der Waals surface area contributed by atoms with Gasteiger partial charge in [0.2, 0.25) is 0 Å². The quantitative estimate of drug-likeness (QED) is 0.398. The van der Waals surface area contributed by atoms with Gasteiger partial charge in [0.15, 0.2) is 15.8 Å². The van der Waals surface area contributed by atoms with E-state index in [1.165, 1.54) is 32.1 Å². The lowest BCUT2D eigenvalue weighted by molar-refractivity contribution is 0.557. The summed E-state index contributed by atoms with van der Waals surface area (Å²) in [6, 6.07) is 1.10. The Bertz CT molecular complexity index is 505. The largest absolute Gasteiger partial charge is 0.354 e. The Labute approximate surface area is 151 Å². The summed E-state index contributed by atoms with van der Waals surface area (Å²) in [4.78, 5) is 4.67. The van der Waals surface area contributed by atoms with Gasteiger partial charge in [-0.25, -0.2) is 8.42 Å². The lowest BCUT2D eigenvalue weighted by Gasteiger charge is -2.18. The molecule has 128 valence electrons. The van der Waals surface area contributed by atoms with Crippen molar-refractivity contribution in [2.24, 2.45) is 16.8 Å². The van der Waals surface area contributed by atoms with Crippen LogP contribution in [0.2, 0.25) is 0 Å². The number of hydrogen-bond donors (Lipinski definition) is 2. The number of rotatable bonds is 4. The van der Waals surface area contributed by atoms with Crippen molar-refractivity contribution in [3.8, 4) is 0 Å². The van der Waals surface area contributed by atoms with Crippen molar-refractivity contribution in [1.82, 2.24) is 10.6 Å². The third-order valence-corrected chi connectivity index (χ3v) is 6.63. The van der Waals surface area contributed by atoms with Crippen LogP contribution in [0.1, 0.15) is 45.4 Å². The maximum absolute atomic E-state index is 11.5. The van der Waals surface area contributed by atoms with Gasteiger partial charge in [-0.2, -0.15) is 0 Å². The minimum Gasteiger partial charge on any atom is -0.354 e. The molecule has 1 heterocycles. The molecule has 2 saturated carbocycles. The highest BCUT2D eigenvalue weighted by Crippen LogP contribution is 2.25. The summed E-state index contributed by atoms with van der Waals surface area (Å²) in [5.41, 5.74) is 0. The molecule has 3 unspecified atom stereocenters. The van der Waals surface area contributed by atoms with Crippen molar-refractivity contribution in [2.75, 3.05) is 18.1 Å². The maximum Gasteiger partial charge on any atom is 0.191 e. The number of nitrogens with zero attached hydrogens (tertiary/aromatic N) is 1. The normalized spacial score (nSPS) is 34.2. The SMILES string of the molecule is CC1CCC(NC(=NCC2CCS(=O)(=O)C2)NC2CC2)C1.I. The molecule has 7 heteroatoms. The fourth-order valence-corrected chi connectivity index (χ4v) is 5.17. The topological polar surface area (TPSA) is 70.6 Å². The monoisotopic (exact) mass is 441 g/mol. The van der Waals surface area contributed by atoms with Crippen molar-refractivity contribution >= 4 is 39.8 Å². The minimum absolute atomic E-state index is 0. The standard InChI is InChI=1S/C15H27N3O2S.HI/c1-11-2-3-14(8-11)18-15(17-13-4-5-13)16-9-12-6-7-21(19,20)10-12;/h11-14H,2-10H2,1H3,(H2,16,17,18);1H. The molecular formula is C15H28IN3O2S. The van der Waals surface area contributed by atoms with E-state index in [2.05, 4.69) is 22.5 Å². The van der Waals surface area contributed by atoms with Crippen LogP contribution in [0, 0.1) is 11.8 Å². The summed E-state index contributed by atoms with van der Waals surface area (Å²) >= 11 is 0. The van der Waals surface area contributed by atoms with Crippen LogP contribution in [-0.2, 0) is 9.84 Å². The van der Waals surface area contributed by atoms with Gasteiger partial charge in [0.05, 0.1) is 11.5 Å². The minimum atomic E-state index is -2.79. The maximum atomic E-state index is 11.5. The summed E-state index contributed by atoms with van der Waals surface area (Å²) in [5, 5.41) is 7.02. The number of guanidine groups is 1. The van der Waals surface area contributed by atoms with Crippen LogP contribution < -0.4 is 10.6 Å². The molecule has 3 fully saturated rings. The van der Waals surface area contributed by atoms with Crippen molar-refractivity contribution in [3.05, 3.63) is 0 Å². The van der Waals surface area contributed by atoms with Gasteiger partial charge in [0.25, 0.3) is 0 Å². The summed E-state index contributed by atoms with van der Waals surface area (Å²) in [6.45, 7) is 2.93. The average Bonchev–Trinajstić information content (AvgIpc) is 3.03. The first-order chi connectivity index (χ1) is 10.00. The van der Waals surface area contributed by atoms with Gasteiger partial charge >= 0.3 is 0 Å². The van der Waals surface area contributed by atoms with Gasteiger partial charge in [0, 0.05) is 18.6 Å². The zero-order valence-electron chi connectivity index (χ0n) is 13.3. The molecule has 3 rings (SSSR count). The molecule has 0 bridgehead atoms. The third kappa shape index (κ3) is 5.54. The van der Waals surface area contributed by atoms with Crippen LogP contribution in [0.25, 0.3) is 0 Å². The Morgan fingerprint density at radius 3 is 2.32 bits per heavy atom. The lowest BCUT2D eigenvalue weighted by Crippen LogP contribution is -2.43. The molecule has 0 spiro atoms. The van der Waals surface area contributed by atoms with Crippen LogP contribution in [0.5, 0.6) is 0 Å². The van der Waals surface area contributed by atoms with Crippen LogP contribution >= 0.6 is 24.0 Å². The second kappa shape index (κ2) is 7.68. The van der Waals surface area contributed by atoms with Crippen LogP contribution in [0.4, 0.5) is 0 Å². The fourth-order valence-electron chi connectivity index (χ4n) is 3.32. The van der Waals surface area contributed by atoms with E-state index >= 15 is 0 Å². The first kappa shape index (κ1) is 18.3. The van der Waals surface area contributed by atoms with Crippen molar-refractivity contribution in [2.45, 2.75) is 57.5 Å².